The van der Waals surface area contributed by atoms with E-state index in [1.54, 1.807) is 0 Å². The molecule has 104 valence electrons. The molecule has 0 aliphatic rings. The van der Waals surface area contributed by atoms with Crippen molar-refractivity contribution in [2.45, 2.75) is 67.0 Å². The molecule has 0 aromatic carbocycles. The smallest absolute Gasteiger partial charge is 0.203 e. The molecule has 1 heterocycles. The van der Waals surface area contributed by atoms with Gasteiger partial charge in [-0.05, 0) is 32.1 Å². The first-order valence-corrected chi connectivity index (χ1v) is 7.22. The highest BCUT2D eigenvalue weighted by Gasteiger charge is 2.12. The summed E-state index contributed by atoms with van der Waals surface area (Å²) in [6.07, 6.45) is 4.58. The third kappa shape index (κ3) is 4.71. The highest BCUT2D eigenvalue weighted by molar-refractivity contribution is 5.30. The van der Waals surface area contributed by atoms with Gasteiger partial charge in [0, 0.05) is 18.8 Å². The van der Waals surface area contributed by atoms with Crippen LogP contribution in [0.25, 0.3) is 0 Å². The minimum absolute atomic E-state index is 0.479. The Labute approximate surface area is 112 Å². The van der Waals surface area contributed by atoms with Crippen LogP contribution in [0, 0.1) is 18.8 Å². The average Bonchev–Trinajstić information content (AvgIpc) is 2.57. The fraction of sp³-hybridized carbons (Fsp3) is 0.800. The van der Waals surface area contributed by atoms with Gasteiger partial charge in [-0.3, -0.25) is 0 Å². The van der Waals surface area contributed by atoms with Gasteiger partial charge in [0.1, 0.15) is 0 Å². The maximum Gasteiger partial charge on any atom is 0.203 e. The molecule has 0 radical (unpaired) electrons. The summed E-state index contributed by atoms with van der Waals surface area (Å²) in [7, 11) is 0. The predicted molar refractivity (Wildman–Crippen MR) is 79.0 cm³/mol. The quantitative estimate of drug-likeness (QED) is 0.791. The zero-order chi connectivity index (χ0) is 13.7. The van der Waals surface area contributed by atoms with Gasteiger partial charge in [0.25, 0.3) is 0 Å². The molecule has 3 nitrogen and oxygen atoms in total. The van der Waals surface area contributed by atoms with Gasteiger partial charge < -0.3 is 9.88 Å². The summed E-state index contributed by atoms with van der Waals surface area (Å²) in [5.41, 5.74) is 1.09. The number of hydrogen-bond acceptors (Lipinski definition) is 2. The van der Waals surface area contributed by atoms with Crippen LogP contribution in [-0.2, 0) is 6.54 Å². The Morgan fingerprint density at radius 1 is 1.28 bits per heavy atom. The van der Waals surface area contributed by atoms with Crippen LogP contribution in [0.15, 0.2) is 6.20 Å². The lowest BCUT2D eigenvalue weighted by molar-refractivity contribution is 0.477. The zero-order valence-corrected chi connectivity index (χ0v) is 12.8. The Morgan fingerprint density at radius 2 is 1.94 bits per heavy atom. The molecule has 0 fully saturated rings. The van der Waals surface area contributed by atoms with Crippen molar-refractivity contribution in [1.82, 2.24) is 9.55 Å². The van der Waals surface area contributed by atoms with Crippen LogP contribution in [0.5, 0.6) is 0 Å². The fourth-order valence-corrected chi connectivity index (χ4v) is 2.24. The summed E-state index contributed by atoms with van der Waals surface area (Å²) in [6, 6.07) is 0.479. The van der Waals surface area contributed by atoms with E-state index in [1.807, 2.05) is 0 Å². The second-order valence-corrected chi connectivity index (χ2v) is 6.05. The molecule has 0 bridgehead atoms. The molecule has 2 unspecified atom stereocenters. The molecule has 1 aromatic rings. The summed E-state index contributed by atoms with van der Waals surface area (Å²) in [5.74, 6) is 2.43. The lowest BCUT2D eigenvalue weighted by atomic mass is 10.0. The standard InChI is InChI=1S/C15H29N3/c1-7-12(4)8-13(5)16-15-17-14(6)10-18(15)9-11(2)3/h10-13H,7-9H2,1-6H3,(H,16,17). The van der Waals surface area contributed by atoms with Gasteiger partial charge in [0.2, 0.25) is 5.95 Å². The summed E-state index contributed by atoms with van der Waals surface area (Å²) in [6.45, 7) is 14.4. The maximum atomic E-state index is 4.59. The third-order valence-corrected chi connectivity index (χ3v) is 3.29. The molecular weight excluding hydrogens is 222 g/mol. The number of anilines is 1. The molecule has 0 saturated carbocycles. The normalized spacial score (nSPS) is 14.8. The van der Waals surface area contributed by atoms with Crippen LogP contribution in [0.2, 0.25) is 0 Å². The Morgan fingerprint density at radius 3 is 2.50 bits per heavy atom. The zero-order valence-electron chi connectivity index (χ0n) is 12.8. The molecule has 0 spiro atoms. The maximum absolute atomic E-state index is 4.59. The largest absolute Gasteiger partial charge is 0.353 e. The van der Waals surface area contributed by atoms with E-state index in [0.717, 1.165) is 24.1 Å². The van der Waals surface area contributed by atoms with Crippen molar-refractivity contribution >= 4 is 5.95 Å². The lowest BCUT2D eigenvalue weighted by Gasteiger charge is -2.19. The number of hydrogen-bond donors (Lipinski definition) is 1. The highest BCUT2D eigenvalue weighted by atomic mass is 15.2. The molecule has 0 saturated heterocycles. The van der Waals surface area contributed by atoms with Gasteiger partial charge in [-0.15, -0.1) is 0 Å². The third-order valence-electron chi connectivity index (χ3n) is 3.29. The molecule has 0 aliphatic carbocycles. The van der Waals surface area contributed by atoms with E-state index in [1.165, 1.54) is 12.8 Å². The van der Waals surface area contributed by atoms with Gasteiger partial charge in [0.15, 0.2) is 0 Å². The second kappa shape index (κ2) is 6.81. The topological polar surface area (TPSA) is 29.9 Å². The summed E-state index contributed by atoms with van der Waals surface area (Å²) < 4.78 is 2.24. The van der Waals surface area contributed by atoms with Crippen molar-refractivity contribution in [3.8, 4) is 0 Å². The van der Waals surface area contributed by atoms with Crippen LogP contribution in [0.4, 0.5) is 5.95 Å². The van der Waals surface area contributed by atoms with E-state index in [2.05, 4.69) is 62.6 Å². The summed E-state index contributed by atoms with van der Waals surface area (Å²) in [5, 5.41) is 3.55. The number of imidazole rings is 1. The molecule has 1 aromatic heterocycles. The number of nitrogens with zero attached hydrogens (tertiary/aromatic N) is 2. The van der Waals surface area contributed by atoms with Gasteiger partial charge in [-0.25, -0.2) is 4.98 Å². The minimum Gasteiger partial charge on any atom is -0.353 e. The first kappa shape index (κ1) is 15.1. The van der Waals surface area contributed by atoms with E-state index in [4.69, 9.17) is 0 Å². The molecule has 2 atom stereocenters. The first-order valence-electron chi connectivity index (χ1n) is 7.22. The molecule has 1 N–H and O–H groups in total. The molecule has 1 rings (SSSR count). The van der Waals surface area contributed by atoms with Crippen LogP contribution in [-0.4, -0.2) is 15.6 Å². The van der Waals surface area contributed by atoms with Gasteiger partial charge in [0.05, 0.1) is 5.69 Å². The van der Waals surface area contributed by atoms with E-state index < -0.39 is 0 Å². The summed E-state index contributed by atoms with van der Waals surface area (Å²) >= 11 is 0. The van der Waals surface area contributed by atoms with Crippen molar-refractivity contribution < 1.29 is 0 Å². The number of aryl methyl sites for hydroxylation is 1. The fourth-order valence-electron chi connectivity index (χ4n) is 2.24. The van der Waals surface area contributed by atoms with Gasteiger partial charge in [-0.1, -0.05) is 34.1 Å². The monoisotopic (exact) mass is 251 g/mol. The van der Waals surface area contributed by atoms with Crippen LogP contribution < -0.4 is 5.32 Å². The van der Waals surface area contributed by atoms with Crippen LogP contribution in [0.1, 0.15) is 53.2 Å². The Bertz CT molecular complexity index is 355. The predicted octanol–water partition coefficient (Wildman–Crippen LogP) is 4.08. The van der Waals surface area contributed by atoms with Crippen molar-refractivity contribution in [2.24, 2.45) is 11.8 Å². The molecule has 0 aliphatic heterocycles. The SMILES string of the molecule is CCC(C)CC(C)Nc1nc(C)cn1CC(C)C. The van der Waals surface area contributed by atoms with Crippen LogP contribution >= 0.6 is 0 Å². The van der Waals surface area contributed by atoms with Crippen molar-refractivity contribution in [2.75, 3.05) is 5.32 Å². The lowest BCUT2D eigenvalue weighted by Crippen LogP contribution is -2.21. The van der Waals surface area contributed by atoms with E-state index >= 15 is 0 Å². The number of rotatable bonds is 7. The Hall–Kier alpha value is -0.990. The van der Waals surface area contributed by atoms with Crippen molar-refractivity contribution in [3.63, 3.8) is 0 Å². The number of aromatic nitrogens is 2. The number of nitrogens with one attached hydrogen (secondary N) is 1. The van der Waals surface area contributed by atoms with Gasteiger partial charge >= 0.3 is 0 Å². The highest BCUT2D eigenvalue weighted by Crippen LogP contribution is 2.16. The van der Waals surface area contributed by atoms with E-state index in [-0.39, 0.29) is 0 Å². The van der Waals surface area contributed by atoms with Crippen molar-refractivity contribution in [3.05, 3.63) is 11.9 Å². The summed E-state index contributed by atoms with van der Waals surface area (Å²) in [4.78, 5) is 4.59. The average molecular weight is 251 g/mol. The molecule has 0 amide bonds. The Kier molecular flexibility index (Phi) is 5.70. The van der Waals surface area contributed by atoms with E-state index in [9.17, 15) is 0 Å². The van der Waals surface area contributed by atoms with Crippen molar-refractivity contribution in [1.29, 1.82) is 0 Å². The van der Waals surface area contributed by atoms with E-state index in [0.29, 0.717) is 12.0 Å². The Balaban J connectivity index is 2.65. The van der Waals surface area contributed by atoms with Gasteiger partial charge in [-0.2, -0.15) is 0 Å². The molecule has 18 heavy (non-hydrogen) atoms. The molecule has 3 heteroatoms. The second-order valence-electron chi connectivity index (χ2n) is 6.05. The minimum atomic E-state index is 0.479. The molecular formula is C15H29N3. The first-order chi connectivity index (χ1) is 8.42. The van der Waals surface area contributed by atoms with Crippen LogP contribution in [0.3, 0.4) is 0 Å².